The Morgan fingerprint density at radius 1 is 0.340 bits per heavy atom. The van der Waals surface area contributed by atoms with Gasteiger partial charge in [-0.1, -0.05) is 239 Å². The zero-order chi connectivity index (χ0) is 35.8. The van der Waals surface area contributed by atoms with Crippen LogP contribution in [-0.2, 0) is 19.5 Å². The molecule has 2 heteroatoms. The number of unbranched alkanes of at least 4 members (excludes halogenated alkanes) is 36. The summed E-state index contributed by atoms with van der Waals surface area (Å²) in [5.41, 5.74) is 0. The van der Waals surface area contributed by atoms with Gasteiger partial charge in [-0.15, -0.1) is 0 Å². The standard InChI is InChI=1S/C48H95N2/c1-4-7-10-13-16-19-21-23-25-26-27-29-31-33-36-39-42-45-50-47-46-49(44-41-38-35-18-15-12-9-6-3)48(50)43-40-37-34-32-30-28-24-22-20-17-14-11-8-5-2/h46-47H,4-45H2,1-3H3/q+1. The van der Waals surface area contributed by atoms with Crippen molar-refractivity contribution >= 4 is 0 Å². The summed E-state index contributed by atoms with van der Waals surface area (Å²) in [7, 11) is 0. The first-order valence-electron chi connectivity index (χ1n) is 23.9. The molecule has 0 aromatic carbocycles. The highest BCUT2D eigenvalue weighted by atomic mass is 15.1. The molecule has 0 N–H and O–H groups in total. The van der Waals surface area contributed by atoms with Crippen LogP contribution in [0.2, 0.25) is 0 Å². The van der Waals surface area contributed by atoms with Crippen molar-refractivity contribution in [3.63, 3.8) is 0 Å². The van der Waals surface area contributed by atoms with Crippen LogP contribution in [0.15, 0.2) is 12.4 Å². The van der Waals surface area contributed by atoms with Gasteiger partial charge in [0.05, 0.1) is 13.1 Å². The predicted molar refractivity (Wildman–Crippen MR) is 225 cm³/mol. The summed E-state index contributed by atoms with van der Waals surface area (Å²) in [6, 6.07) is 0. The average Bonchev–Trinajstić information content (AvgIpc) is 3.51. The van der Waals surface area contributed by atoms with E-state index in [1.807, 2.05) is 0 Å². The second-order valence-electron chi connectivity index (χ2n) is 16.6. The third-order valence-corrected chi connectivity index (χ3v) is 11.6. The normalized spacial score (nSPS) is 11.7. The Morgan fingerprint density at radius 3 is 0.960 bits per heavy atom. The molecule has 0 amide bonds. The minimum absolute atomic E-state index is 1.23. The molecule has 1 rings (SSSR count). The summed E-state index contributed by atoms with van der Waals surface area (Å²) in [5, 5.41) is 0. The summed E-state index contributed by atoms with van der Waals surface area (Å²) >= 11 is 0. The first-order chi connectivity index (χ1) is 24.8. The number of aryl methyl sites for hydroxylation is 2. The highest BCUT2D eigenvalue weighted by Crippen LogP contribution is 2.17. The fraction of sp³-hybridized carbons (Fsp3) is 0.938. The average molecular weight is 700 g/mol. The number of rotatable bonds is 42. The zero-order valence-electron chi connectivity index (χ0n) is 35.2. The smallest absolute Gasteiger partial charge is 0.234 e. The van der Waals surface area contributed by atoms with E-state index in [0.717, 1.165) is 0 Å². The number of nitrogens with zero attached hydrogens (tertiary/aromatic N) is 2. The number of hydrogen-bond donors (Lipinski definition) is 0. The van der Waals surface area contributed by atoms with Gasteiger partial charge >= 0.3 is 0 Å². The number of aromatic nitrogens is 2. The van der Waals surface area contributed by atoms with Crippen molar-refractivity contribution in [1.29, 1.82) is 0 Å². The molecule has 0 fully saturated rings. The summed E-state index contributed by atoms with van der Waals surface area (Å²) in [4.78, 5) is 0. The molecule has 1 heterocycles. The van der Waals surface area contributed by atoms with Crippen LogP contribution in [0.5, 0.6) is 0 Å². The van der Waals surface area contributed by atoms with Gasteiger partial charge in [-0.25, -0.2) is 9.13 Å². The van der Waals surface area contributed by atoms with Gasteiger partial charge in [0.1, 0.15) is 12.4 Å². The summed E-state index contributed by atoms with van der Waals surface area (Å²) in [6.07, 6.45) is 62.3. The fourth-order valence-corrected chi connectivity index (χ4v) is 8.09. The lowest BCUT2D eigenvalue weighted by Gasteiger charge is -2.07. The van der Waals surface area contributed by atoms with Gasteiger partial charge in [-0.3, -0.25) is 0 Å². The van der Waals surface area contributed by atoms with Gasteiger partial charge in [0.15, 0.2) is 0 Å². The van der Waals surface area contributed by atoms with Gasteiger partial charge in [0.2, 0.25) is 0 Å². The highest BCUT2D eigenvalue weighted by Gasteiger charge is 2.16. The van der Waals surface area contributed by atoms with E-state index < -0.39 is 0 Å². The second kappa shape index (κ2) is 39.4. The number of imidazole rings is 1. The van der Waals surface area contributed by atoms with Crippen molar-refractivity contribution < 1.29 is 4.57 Å². The Hall–Kier alpha value is -0.790. The second-order valence-corrected chi connectivity index (χ2v) is 16.6. The summed E-state index contributed by atoms with van der Waals surface area (Å²) in [6.45, 7) is 9.41. The van der Waals surface area contributed by atoms with Crippen molar-refractivity contribution in [2.24, 2.45) is 0 Å². The Kier molecular flexibility index (Phi) is 37.2. The first-order valence-corrected chi connectivity index (χ1v) is 23.9. The molecule has 2 nitrogen and oxygen atoms in total. The molecule has 0 spiro atoms. The minimum Gasteiger partial charge on any atom is -0.234 e. The van der Waals surface area contributed by atoms with E-state index in [2.05, 4.69) is 42.3 Å². The lowest BCUT2D eigenvalue weighted by Crippen LogP contribution is -2.37. The van der Waals surface area contributed by atoms with Gasteiger partial charge in [-0.2, -0.15) is 0 Å². The van der Waals surface area contributed by atoms with Gasteiger partial charge in [-0.05, 0) is 32.1 Å². The Labute approximate surface area is 317 Å². The molecule has 50 heavy (non-hydrogen) atoms. The highest BCUT2D eigenvalue weighted by molar-refractivity contribution is 4.84. The SMILES string of the molecule is CCCCCCCCCCCCCCCCCCC[n+]1ccn(CCCCCCCCCC)c1CCCCCCCCCCCCCCCC. The van der Waals surface area contributed by atoms with Crippen molar-refractivity contribution in [1.82, 2.24) is 4.57 Å². The molecule has 0 atom stereocenters. The molecule has 1 aromatic rings. The molecule has 0 saturated heterocycles. The first kappa shape index (κ1) is 47.2. The third-order valence-electron chi connectivity index (χ3n) is 11.6. The van der Waals surface area contributed by atoms with E-state index in [9.17, 15) is 0 Å². The van der Waals surface area contributed by atoms with Crippen LogP contribution in [0.1, 0.15) is 277 Å². The van der Waals surface area contributed by atoms with Crippen LogP contribution in [0.3, 0.4) is 0 Å². The molecule has 0 bridgehead atoms. The molecule has 296 valence electrons. The van der Waals surface area contributed by atoms with Crippen LogP contribution in [-0.4, -0.2) is 4.57 Å². The quantitative estimate of drug-likeness (QED) is 0.0474. The van der Waals surface area contributed by atoms with E-state index in [1.165, 1.54) is 270 Å². The van der Waals surface area contributed by atoms with E-state index in [0.29, 0.717) is 0 Å². The largest absolute Gasteiger partial charge is 0.256 e. The Bertz CT molecular complexity index is 766. The van der Waals surface area contributed by atoms with Crippen LogP contribution in [0.4, 0.5) is 0 Å². The Balaban J connectivity index is 2.21. The molecule has 0 aliphatic carbocycles. The molecular formula is C48H95N2+. The number of hydrogen-bond acceptors (Lipinski definition) is 0. The molecular weight excluding hydrogens is 605 g/mol. The molecule has 0 unspecified atom stereocenters. The molecule has 0 aliphatic rings. The maximum atomic E-state index is 2.65. The molecule has 0 radical (unpaired) electrons. The van der Waals surface area contributed by atoms with Crippen LogP contribution in [0, 0.1) is 0 Å². The lowest BCUT2D eigenvalue weighted by molar-refractivity contribution is -0.704. The van der Waals surface area contributed by atoms with E-state index in [4.69, 9.17) is 0 Å². The monoisotopic (exact) mass is 700 g/mol. The van der Waals surface area contributed by atoms with Gasteiger partial charge in [0, 0.05) is 6.42 Å². The van der Waals surface area contributed by atoms with Crippen molar-refractivity contribution in [2.45, 2.75) is 291 Å². The van der Waals surface area contributed by atoms with Crippen molar-refractivity contribution in [2.75, 3.05) is 0 Å². The van der Waals surface area contributed by atoms with Crippen LogP contribution >= 0.6 is 0 Å². The molecule has 0 aliphatic heterocycles. The van der Waals surface area contributed by atoms with Gasteiger partial charge < -0.3 is 0 Å². The predicted octanol–water partition coefficient (Wildman–Crippen LogP) is 16.6. The van der Waals surface area contributed by atoms with Crippen LogP contribution in [0.25, 0.3) is 0 Å². The van der Waals surface area contributed by atoms with Crippen molar-refractivity contribution in [3.05, 3.63) is 18.2 Å². The lowest BCUT2D eigenvalue weighted by atomic mass is 10.0. The van der Waals surface area contributed by atoms with E-state index in [1.54, 1.807) is 5.82 Å². The Morgan fingerprint density at radius 2 is 0.620 bits per heavy atom. The third kappa shape index (κ3) is 30.8. The maximum Gasteiger partial charge on any atom is 0.256 e. The topological polar surface area (TPSA) is 8.81 Å². The van der Waals surface area contributed by atoms with Crippen molar-refractivity contribution in [3.8, 4) is 0 Å². The zero-order valence-corrected chi connectivity index (χ0v) is 35.2. The fourth-order valence-electron chi connectivity index (χ4n) is 8.09. The van der Waals surface area contributed by atoms with Crippen LogP contribution < -0.4 is 4.57 Å². The van der Waals surface area contributed by atoms with E-state index in [-0.39, 0.29) is 0 Å². The van der Waals surface area contributed by atoms with Gasteiger partial charge in [0.25, 0.3) is 5.82 Å². The van der Waals surface area contributed by atoms with E-state index >= 15 is 0 Å². The maximum absolute atomic E-state index is 2.65. The summed E-state index contributed by atoms with van der Waals surface area (Å²) in [5.74, 6) is 1.63. The minimum atomic E-state index is 1.23. The molecule has 1 aromatic heterocycles. The molecule has 0 saturated carbocycles. The summed E-state index contributed by atoms with van der Waals surface area (Å²) < 4.78 is 5.30.